The van der Waals surface area contributed by atoms with Gasteiger partial charge in [0.1, 0.15) is 0 Å². The molecule has 1 aromatic rings. The van der Waals surface area contributed by atoms with Crippen LogP contribution < -0.4 is 5.73 Å². The van der Waals surface area contributed by atoms with E-state index in [1.807, 2.05) is 38.4 Å². The van der Waals surface area contributed by atoms with Gasteiger partial charge in [0.25, 0.3) is 0 Å². The maximum absolute atomic E-state index is 12.2. The Morgan fingerprint density at radius 1 is 1.44 bits per heavy atom. The third kappa shape index (κ3) is 3.42. The van der Waals surface area contributed by atoms with Gasteiger partial charge < -0.3 is 5.73 Å². The zero-order valence-electron chi connectivity index (χ0n) is 12.2. The zero-order chi connectivity index (χ0) is 13.9. The Morgan fingerprint density at radius 2 is 2.06 bits per heavy atom. The molecule has 4 nitrogen and oxygen atoms in total. The predicted octanol–water partition coefficient (Wildman–Crippen LogP) is 1.95. The van der Waals surface area contributed by atoms with E-state index in [1.165, 1.54) is 0 Å². The minimum Gasteiger partial charge on any atom is -0.321 e. The molecular formula is C14H25N3O. The Balaban J connectivity index is 2.84. The maximum Gasteiger partial charge on any atom is 0.155 e. The van der Waals surface area contributed by atoms with Crippen LogP contribution in [0.4, 0.5) is 0 Å². The second-order valence-corrected chi connectivity index (χ2v) is 5.78. The molecule has 0 fully saturated rings. The zero-order valence-corrected chi connectivity index (χ0v) is 12.2. The van der Waals surface area contributed by atoms with E-state index in [4.69, 9.17) is 5.73 Å². The smallest absolute Gasteiger partial charge is 0.155 e. The standard InChI is InChI=1S/C14H25N3O/c1-6-10-8-11(17(7-2)16-10)9-12(18)13(15)14(3,4)5/h8,13H,6-7,9,15H2,1-5H3. The van der Waals surface area contributed by atoms with E-state index in [0.717, 1.165) is 24.4 Å². The second kappa shape index (κ2) is 5.65. The van der Waals surface area contributed by atoms with Crippen LogP contribution in [0.25, 0.3) is 0 Å². The highest BCUT2D eigenvalue weighted by atomic mass is 16.1. The lowest BCUT2D eigenvalue weighted by atomic mass is 9.83. The van der Waals surface area contributed by atoms with E-state index >= 15 is 0 Å². The Hall–Kier alpha value is -1.16. The van der Waals surface area contributed by atoms with Crippen LogP contribution in [0.3, 0.4) is 0 Å². The van der Waals surface area contributed by atoms with E-state index in [0.29, 0.717) is 6.42 Å². The van der Waals surface area contributed by atoms with Crippen molar-refractivity contribution < 1.29 is 4.79 Å². The fourth-order valence-corrected chi connectivity index (χ4v) is 1.88. The fraction of sp³-hybridized carbons (Fsp3) is 0.714. The first-order valence-corrected chi connectivity index (χ1v) is 6.63. The number of carbonyl (C=O) groups excluding carboxylic acids is 1. The SMILES string of the molecule is CCc1cc(CC(=O)C(N)C(C)(C)C)n(CC)n1. The van der Waals surface area contributed by atoms with E-state index in [1.54, 1.807) is 0 Å². The summed E-state index contributed by atoms with van der Waals surface area (Å²) in [5.74, 6) is 0.0831. The summed E-state index contributed by atoms with van der Waals surface area (Å²) in [4.78, 5) is 12.2. The molecule has 0 aliphatic rings. The highest BCUT2D eigenvalue weighted by molar-refractivity contribution is 5.86. The van der Waals surface area contributed by atoms with Gasteiger partial charge in [-0.3, -0.25) is 9.48 Å². The van der Waals surface area contributed by atoms with Gasteiger partial charge in [-0.05, 0) is 24.8 Å². The number of aryl methyl sites for hydroxylation is 2. The number of ketones is 1. The molecule has 1 atom stereocenters. The first kappa shape index (κ1) is 14.9. The van der Waals surface area contributed by atoms with Crippen molar-refractivity contribution in [1.29, 1.82) is 0 Å². The van der Waals surface area contributed by atoms with Gasteiger partial charge in [0, 0.05) is 12.2 Å². The molecule has 0 spiro atoms. The Labute approximate surface area is 110 Å². The number of nitrogens with zero attached hydrogens (tertiary/aromatic N) is 2. The lowest BCUT2D eigenvalue weighted by Gasteiger charge is -2.25. The first-order valence-electron chi connectivity index (χ1n) is 6.63. The average molecular weight is 251 g/mol. The average Bonchev–Trinajstić information content (AvgIpc) is 2.69. The van der Waals surface area contributed by atoms with Gasteiger partial charge in [-0.15, -0.1) is 0 Å². The van der Waals surface area contributed by atoms with Crippen LogP contribution in [-0.2, 0) is 24.2 Å². The molecule has 0 saturated heterocycles. The highest BCUT2D eigenvalue weighted by Crippen LogP contribution is 2.19. The number of rotatable bonds is 5. The molecular weight excluding hydrogens is 226 g/mol. The number of hydrogen-bond donors (Lipinski definition) is 1. The molecule has 102 valence electrons. The number of carbonyl (C=O) groups is 1. The largest absolute Gasteiger partial charge is 0.321 e. The summed E-state index contributed by atoms with van der Waals surface area (Å²) in [7, 11) is 0. The molecule has 1 unspecified atom stereocenters. The van der Waals surface area contributed by atoms with Crippen molar-refractivity contribution in [1.82, 2.24) is 9.78 Å². The van der Waals surface area contributed by atoms with Crippen molar-refractivity contribution in [3.8, 4) is 0 Å². The van der Waals surface area contributed by atoms with E-state index in [-0.39, 0.29) is 11.2 Å². The van der Waals surface area contributed by atoms with Crippen LogP contribution in [0, 0.1) is 5.41 Å². The summed E-state index contributed by atoms with van der Waals surface area (Å²) in [6, 6.07) is 1.58. The molecule has 0 amide bonds. The second-order valence-electron chi connectivity index (χ2n) is 5.78. The topological polar surface area (TPSA) is 60.9 Å². The lowest BCUT2D eigenvalue weighted by Crippen LogP contribution is -2.43. The Bertz CT molecular complexity index is 415. The van der Waals surface area contributed by atoms with Crippen LogP contribution in [0.1, 0.15) is 46.0 Å². The van der Waals surface area contributed by atoms with Gasteiger partial charge in [0.05, 0.1) is 18.2 Å². The van der Waals surface area contributed by atoms with Gasteiger partial charge in [-0.25, -0.2) is 0 Å². The lowest BCUT2D eigenvalue weighted by molar-refractivity contribution is -0.121. The van der Waals surface area contributed by atoms with Crippen molar-refractivity contribution in [2.45, 2.75) is 60.0 Å². The number of hydrogen-bond acceptors (Lipinski definition) is 3. The van der Waals surface area contributed by atoms with Crippen molar-refractivity contribution in [3.05, 3.63) is 17.5 Å². The van der Waals surface area contributed by atoms with Crippen molar-refractivity contribution in [2.24, 2.45) is 11.1 Å². The Morgan fingerprint density at radius 3 is 2.50 bits per heavy atom. The Kier molecular flexibility index (Phi) is 4.68. The summed E-state index contributed by atoms with van der Waals surface area (Å²) in [5.41, 5.74) is 7.80. The number of aromatic nitrogens is 2. The first-order chi connectivity index (χ1) is 8.29. The number of Topliss-reactive ketones (excluding diaryl/α,β-unsaturated/α-hetero) is 1. The summed E-state index contributed by atoms with van der Waals surface area (Å²) in [6.45, 7) is 10.9. The normalized spacial score (nSPS) is 13.7. The van der Waals surface area contributed by atoms with Crippen LogP contribution in [0.15, 0.2) is 6.07 Å². The quantitative estimate of drug-likeness (QED) is 0.870. The van der Waals surface area contributed by atoms with Crippen molar-refractivity contribution >= 4 is 5.78 Å². The van der Waals surface area contributed by atoms with Gasteiger partial charge in [-0.2, -0.15) is 5.10 Å². The predicted molar refractivity (Wildman–Crippen MR) is 73.4 cm³/mol. The minimum atomic E-state index is -0.428. The highest BCUT2D eigenvalue weighted by Gasteiger charge is 2.27. The van der Waals surface area contributed by atoms with Crippen LogP contribution in [0.2, 0.25) is 0 Å². The van der Waals surface area contributed by atoms with Gasteiger partial charge in [0.15, 0.2) is 5.78 Å². The van der Waals surface area contributed by atoms with E-state index in [2.05, 4.69) is 12.0 Å². The van der Waals surface area contributed by atoms with E-state index < -0.39 is 6.04 Å². The molecule has 1 rings (SSSR count). The third-order valence-electron chi connectivity index (χ3n) is 3.21. The van der Waals surface area contributed by atoms with Gasteiger partial charge in [0.2, 0.25) is 0 Å². The molecule has 0 radical (unpaired) electrons. The molecule has 0 aliphatic carbocycles. The van der Waals surface area contributed by atoms with Gasteiger partial charge in [-0.1, -0.05) is 27.7 Å². The summed E-state index contributed by atoms with van der Waals surface area (Å²) >= 11 is 0. The summed E-state index contributed by atoms with van der Waals surface area (Å²) < 4.78 is 1.89. The molecule has 0 aromatic carbocycles. The van der Waals surface area contributed by atoms with Crippen LogP contribution in [0.5, 0.6) is 0 Å². The summed E-state index contributed by atoms with van der Waals surface area (Å²) in [5, 5.41) is 4.45. The van der Waals surface area contributed by atoms with Gasteiger partial charge >= 0.3 is 0 Å². The minimum absolute atomic E-state index is 0.0831. The van der Waals surface area contributed by atoms with Crippen LogP contribution >= 0.6 is 0 Å². The number of nitrogens with two attached hydrogens (primary N) is 1. The third-order valence-corrected chi connectivity index (χ3v) is 3.21. The summed E-state index contributed by atoms with van der Waals surface area (Å²) in [6.07, 6.45) is 1.26. The monoisotopic (exact) mass is 251 g/mol. The van der Waals surface area contributed by atoms with Crippen LogP contribution in [-0.4, -0.2) is 21.6 Å². The molecule has 0 saturated carbocycles. The molecule has 4 heteroatoms. The molecule has 0 bridgehead atoms. The van der Waals surface area contributed by atoms with E-state index in [9.17, 15) is 4.79 Å². The maximum atomic E-state index is 12.2. The molecule has 1 heterocycles. The molecule has 1 aromatic heterocycles. The fourth-order valence-electron chi connectivity index (χ4n) is 1.88. The molecule has 2 N–H and O–H groups in total. The van der Waals surface area contributed by atoms with Crippen molar-refractivity contribution in [3.63, 3.8) is 0 Å². The van der Waals surface area contributed by atoms with Crippen molar-refractivity contribution in [2.75, 3.05) is 0 Å². The molecule has 18 heavy (non-hydrogen) atoms. The molecule has 0 aliphatic heterocycles.